The Labute approximate surface area is 121 Å². The van der Waals surface area contributed by atoms with Crippen molar-refractivity contribution in [3.63, 3.8) is 0 Å². The summed E-state index contributed by atoms with van der Waals surface area (Å²) in [4.78, 5) is 15.0. The second-order valence-electron chi connectivity index (χ2n) is 5.04. The molecule has 116 valence electrons. The number of hydrogen-bond acceptors (Lipinski definition) is 3. The predicted octanol–water partition coefficient (Wildman–Crippen LogP) is 1.83. The first kappa shape index (κ1) is 15.6. The SMILES string of the molecule is CC(=O)N1CCN(c2ccc(C(F)(F)F)cc2CN)CC1. The first-order valence-electron chi connectivity index (χ1n) is 6.73. The molecule has 0 aliphatic carbocycles. The van der Waals surface area contributed by atoms with Gasteiger partial charge in [0.1, 0.15) is 0 Å². The smallest absolute Gasteiger partial charge is 0.368 e. The van der Waals surface area contributed by atoms with Crippen LogP contribution in [0.15, 0.2) is 18.2 Å². The van der Waals surface area contributed by atoms with Gasteiger partial charge in [-0.25, -0.2) is 0 Å². The van der Waals surface area contributed by atoms with Crippen molar-refractivity contribution in [2.24, 2.45) is 5.73 Å². The molecular weight excluding hydrogens is 283 g/mol. The van der Waals surface area contributed by atoms with Gasteiger partial charge in [0.15, 0.2) is 0 Å². The van der Waals surface area contributed by atoms with E-state index in [2.05, 4.69) is 0 Å². The number of nitrogens with two attached hydrogens (primary N) is 1. The fraction of sp³-hybridized carbons (Fsp3) is 0.500. The molecule has 1 amide bonds. The highest BCUT2D eigenvalue weighted by Gasteiger charge is 2.31. The number of rotatable bonds is 2. The molecular formula is C14H18F3N3O. The number of piperazine rings is 1. The van der Waals surface area contributed by atoms with Crippen LogP contribution in [0.25, 0.3) is 0 Å². The van der Waals surface area contributed by atoms with E-state index in [9.17, 15) is 18.0 Å². The number of carbonyl (C=O) groups is 1. The first-order valence-corrected chi connectivity index (χ1v) is 6.73. The third kappa shape index (κ3) is 3.47. The van der Waals surface area contributed by atoms with Gasteiger partial charge in [0.25, 0.3) is 0 Å². The standard InChI is InChI=1S/C14H18F3N3O/c1-10(21)19-4-6-20(7-5-19)13-3-2-12(14(15,16)17)8-11(13)9-18/h2-3,8H,4-7,9,18H2,1H3. The Kier molecular flexibility index (Phi) is 4.41. The molecule has 0 bridgehead atoms. The molecule has 1 aromatic carbocycles. The fourth-order valence-corrected chi connectivity index (χ4v) is 2.50. The molecule has 2 rings (SSSR count). The Bertz CT molecular complexity index is 523. The quantitative estimate of drug-likeness (QED) is 0.906. The van der Waals surface area contributed by atoms with E-state index in [-0.39, 0.29) is 12.5 Å². The summed E-state index contributed by atoms with van der Waals surface area (Å²) >= 11 is 0. The van der Waals surface area contributed by atoms with Crippen molar-refractivity contribution in [2.75, 3.05) is 31.1 Å². The van der Waals surface area contributed by atoms with Crippen LogP contribution in [0.2, 0.25) is 0 Å². The number of amides is 1. The van der Waals surface area contributed by atoms with Gasteiger partial charge in [-0.15, -0.1) is 0 Å². The van der Waals surface area contributed by atoms with Crippen LogP contribution in [-0.2, 0) is 17.5 Å². The predicted molar refractivity (Wildman–Crippen MR) is 73.8 cm³/mol. The van der Waals surface area contributed by atoms with E-state index in [1.165, 1.54) is 13.0 Å². The lowest BCUT2D eigenvalue weighted by molar-refractivity contribution is -0.137. The lowest BCUT2D eigenvalue weighted by Crippen LogP contribution is -2.48. The lowest BCUT2D eigenvalue weighted by atomic mass is 10.1. The fourth-order valence-electron chi connectivity index (χ4n) is 2.50. The molecule has 0 unspecified atom stereocenters. The largest absolute Gasteiger partial charge is 0.416 e. The Morgan fingerprint density at radius 3 is 2.33 bits per heavy atom. The summed E-state index contributed by atoms with van der Waals surface area (Å²) in [5.41, 5.74) is 6.09. The normalized spacial score (nSPS) is 16.2. The third-order valence-corrected chi connectivity index (χ3v) is 3.69. The van der Waals surface area contributed by atoms with Crippen LogP contribution < -0.4 is 10.6 Å². The number of halogens is 3. The van der Waals surface area contributed by atoms with E-state index in [4.69, 9.17) is 5.73 Å². The van der Waals surface area contributed by atoms with E-state index >= 15 is 0 Å². The average molecular weight is 301 g/mol. The van der Waals surface area contributed by atoms with E-state index < -0.39 is 11.7 Å². The van der Waals surface area contributed by atoms with Gasteiger partial charge in [0, 0.05) is 45.3 Å². The van der Waals surface area contributed by atoms with Gasteiger partial charge in [0.2, 0.25) is 5.91 Å². The van der Waals surface area contributed by atoms with Gasteiger partial charge in [-0.1, -0.05) is 0 Å². The molecule has 4 nitrogen and oxygen atoms in total. The molecule has 0 spiro atoms. The summed E-state index contributed by atoms with van der Waals surface area (Å²) in [6.07, 6.45) is -4.37. The highest BCUT2D eigenvalue weighted by Crippen LogP contribution is 2.33. The molecule has 0 radical (unpaired) electrons. The molecule has 0 aromatic heterocycles. The minimum atomic E-state index is -4.37. The van der Waals surface area contributed by atoms with Crippen LogP contribution in [0.3, 0.4) is 0 Å². The number of carbonyl (C=O) groups excluding carboxylic acids is 1. The summed E-state index contributed by atoms with van der Waals surface area (Å²) < 4.78 is 38.2. The van der Waals surface area contributed by atoms with Crippen LogP contribution in [0.1, 0.15) is 18.1 Å². The monoisotopic (exact) mass is 301 g/mol. The molecule has 0 saturated carbocycles. The number of anilines is 1. The molecule has 1 saturated heterocycles. The van der Waals surface area contributed by atoms with Crippen molar-refractivity contribution in [1.82, 2.24) is 4.90 Å². The minimum absolute atomic E-state index is 0.0149. The van der Waals surface area contributed by atoms with Crippen molar-refractivity contribution < 1.29 is 18.0 Å². The van der Waals surface area contributed by atoms with Crippen LogP contribution in [0.5, 0.6) is 0 Å². The average Bonchev–Trinajstić information content (AvgIpc) is 2.45. The number of nitrogens with zero attached hydrogens (tertiary/aromatic N) is 2. The summed E-state index contributed by atoms with van der Waals surface area (Å²) in [5, 5.41) is 0. The number of alkyl halides is 3. The lowest BCUT2D eigenvalue weighted by Gasteiger charge is -2.36. The highest BCUT2D eigenvalue weighted by molar-refractivity contribution is 5.73. The van der Waals surface area contributed by atoms with Gasteiger partial charge in [-0.2, -0.15) is 13.2 Å². The topological polar surface area (TPSA) is 49.6 Å². The number of hydrogen-bond donors (Lipinski definition) is 1. The summed E-state index contributed by atoms with van der Waals surface area (Å²) in [6, 6.07) is 3.65. The zero-order valence-corrected chi connectivity index (χ0v) is 11.8. The molecule has 2 N–H and O–H groups in total. The van der Waals surface area contributed by atoms with E-state index in [0.29, 0.717) is 37.4 Å². The molecule has 0 atom stereocenters. The van der Waals surface area contributed by atoms with E-state index in [1.807, 2.05) is 4.90 Å². The summed E-state index contributed by atoms with van der Waals surface area (Å²) in [7, 11) is 0. The summed E-state index contributed by atoms with van der Waals surface area (Å²) in [6.45, 7) is 3.89. The van der Waals surface area contributed by atoms with Crippen LogP contribution in [-0.4, -0.2) is 37.0 Å². The van der Waals surface area contributed by atoms with E-state index in [1.54, 1.807) is 4.90 Å². The second-order valence-corrected chi connectivity index (χ2v) is 5.04. The molecule has 1 fully saturated rings. The molecule has 7 heteroatoms. The van der Waals surface area contributed by atoms with Crippen LogP contribution in [0, 0.1) is 0 Å². The van der Waals surface area contributed by atoms with Crippen molar-refractivity contribution in [1.29, 1.82) is 0 Å². The van der Waals surface area contributed by atoms with Crippen LogP contribution in [0.4, 0.5) is 18.9 Å². The maximum atomic E-state index is 12.7. The van der Waals surface area contributed by atoms with Crippen molar-refractivity contribution in [3.8, 4) is 0 Å². The minimum Gasteiger partial charge on any atom is -0.368 e. The first-order chi connectivity index (χ1) is 9.82. The van der Waals surface area contributed by atoms with Crippen molar-refractivity contribution >= 4 is 11.6 Å². The zero-order valence-electron chi connectivity index (χ0n) is 11.8. The maximum Gasteiger partial charge on any atom is 0.416 e. The van der Waals surface area contributed by atoms with Crippen LogP contribution >= 0.6 is 0 Å². The molecule has 21 heavy (non-hydrogen) atoms. The zero-order chi connectivity index (χ0) is 15.6. The molecule has 1 aliphatic rings. The van der Waals surface area contributed by atoms with Gasteiger partial charge in [-0.3, -0.25) is 4.79 Å². The van der Waals surface area contributed by atoms with Gasteiger partial charge in [0.05, 0.1) is 5.56 Å². The third-order valence-electron chi connectivity index (χ3n) is 3.69. The Balaban J connectivity index is 2.19. The highest BCUT2D eigenvalue weighted by atomic mass is 19.4. The molecule has 1 aromatic rings. The molecule has 1 heterocycles. The maximum absolute atomic E-state index is 12.7. The molecule has 1 aliphatic heterocycles. The Hall–Kier alpha value is -1.76. The second kappa shape index (κ2) is 5.93. The van der Waals surface area contributed by atoms with Gasteiger partial charge < -0.3 is 15.5 Å². The summed E-state index contributed by atoms with van der Waals surface area (Å²) in [5.74, 6) is 0.0149. The van der Waals surface area contributed by atoms with Gasteiger partial charge in [-0.05, 0) is 23.8 Å². The number of benzene rings is 1. The van der Waals surface area contributed by atoms with Crippen molar-refractivity contribution in [2.45, 2.75) is 19.6 Å². The van der Waals surface area contributed by atoms with E-state index in [0.717, 1.165) is 12.1 Å². The van der Waals surface area contributed by atoms with Gasteiger partial charge >= 0.3 is 6.18 Å². The Morgan fingerprint density at radius 1 is 1.24 bits per heavy atom. The Morgan fingerprint density at radius 2 is 1.86 bits per heavy atom. The van der Waals surface area contributed by atoms with Crippen molar-refractivity contribution in [3.05, 3.63) is 29.3 Å².